The van der Waals surface area contributed by atoms with Crippen LogP contribution in [0.25, 0.3) is 55.0 Å². The lowest BCUT2D eigenvalue weighted by atomic mass is 9.58. The zero-order valence-electron chi connectivity index (χ0n) is 31.4. The van der Waals surface area contributed by atoms with Crippen LogP contribution in [0.2, 0.25) is 0 Å². The number of para-hydroxylation sites is 4. The molecule has 3 saturated carbocycles. The molecule has 0 saturated heterocycles. The van der Waals surface area contributed by atoms with Gasteiger partial charge in [0.1, 0.15) is 0 Å². The van der Waals surface area contributed by atoms with Crippen molar-refractivity contribution in [3.05, 3.63) is 121 Å². The van der Waals surface area contributed by atoms with Gasteiger partial charge < -0.3 is 13.9 Å². The minimum absolute atomic E-state index is 0.225. The monoisotopic (exact) mass is 698 g/mol. The highest BCUT2D eigenvalue weighted by atomic mass is 16.5. The van der Waals surface area contributed by atoms with Crippen LogP contribution in [-0.2, 0) is 4.74 Å². The molecule has 4 nitrogen and oxygen atoms in total. The van der Waals surface area contributed by atoms with Crippen molar-refractivity contribution in [2.45, 2.75) is 53.4 Å². The molecule has 0 radical (unpaired) electrons. The fourth-order valence-electron chi connectivity index (χ4n) is 12.1. The fraction of sp³-hybridized carbons (Fsp3) is 0.367. The molecular weight excluding hydrogens is 649 g/mol. The van der Waals surface area contributed by atoms with Crippen LogP contribution in [0, 0.1) is 53.3 Å². The Morgan fingerprint density at radius 3 is 1.38 bits per heavy atom. The summed E-state index contributed by atoms with van der Waals surface area (Å²) in [6, 6.07) is 40.7. The van der Waals surface area contributed by atoms with Gasteiger partial charge in [0.2, 0.25) is 0 Å². The van der Waals surface area contributed by atoms with Crippen LogP contribution in [0.1, 0.15) is 63.7 Å². The summed E-state index contributed by atoms with van der Waals surface area (Å²) in [4.78, 5) is 14.5. The Kier molecular flexibility index (Phi) is 7.82. The van der Waals surface area contributed by atoms with Gasteiger partial charge in [-0.1, -0.05) is 100 Å². The third-order valence-corrected chi connectivity index (χ3v) is 14.2. The maximum atomic E-state index is 14.5. The molecular formula is C49H50N2O2. The highest BCUT2D eigenvalue weighted by molar-refractivity contribution is 6.10. The van der Waals surface area contributed by atoms with Gasteiger partial charge in [0.25, 0.3) is 0 Å². The number of nitrogens with zero attached hydrogens (tertiary/aromatic N) is 2. The van der Waals surface area contributed by atoms with Crippen LogP contribution in [0.5, 0.6) is 0 Å². The first-order valence-electron chi connectivity index (χ1n) is 20.1. The third kappa shape index (κ3) is 5.19. The van der Waals surface area contributed by atoms with E-state index in [1.54, 1.807) is 0 Å². The largest absolute Gasteiger partial charge is 0.462 e. The zero-order valence-corrected chi connectivity index (χ0v) is 31.4. The standard InChI is InChI=1S/C49H50N2O2/c1-29-21-30(2)47(29)33-23-35(42(26-33)48-31(3)22-32(48)4)28-53-49(52)34-24-36(50-43-17-9-5-13-38(43)39-14-6-10-18-44(39)50)27-37(25-34)51-45-19-11-7-15-40(45)41-16-8-12-20-46(41)51/h5-20,24-25,27,29-33,35,42,47-48H,21-23,26,28H2,1-4H3. The van der Waals surface area contributed by atoms with Gasteiger partial charge in [0.05, 0.1) is 34.2 Å². The smallest absolute Gasteiger partial charge is 0.338 e. The molecule has 0 spiro atoms. The minimum atomic E-state index is -0.225. The van der Waals surface area contributed by atoms with Gasteiger partial charge in [0, 0.05) is 32.9 Å². The second-order valence-electron chi connectivity index (χ2n) is 17.3. The van der Waals surface area contributed by atoms with Crippen LogP contribution >= 0.6 is 0 Å². The second kappa shape index (κ2) is 12.6. The Labute approximate surface area is 312 Å². The van der Waals surface area contributed by atoms with Crippen molar-refractivity contribution in [3.8, 4) is 11.4 Å². The summed E-state index contributed by atoms with van der Waals surface area (Å²) in [6.07, 6.45) is 5.19. The van der Waals surface area contributed by atoms with Crippen LogP contribution in [0.15, 0.2) is 115 Å². The lowest BCUT2D eigenvalue weighted by Crippen LogP contribution is -2.41. The van der Waals surface area contributed by atoms with E-state index >= 15 is 0 Å². The molecule has 2 heterocycles. The molecule has 2 aromatic heterocycles. The van der Waals surface area contributed by atoms with E-state index < -0.39 is 0 Å². The molecule has 268 valence electrons. The summed E-state index contributed by atoms with van der Waals surface area (Å²) in [5.41, 5.74) is 6.99. The summed E-state index contributed by atoms with van der Waals surface area (Å²) < 4.78 is 11.1. The van der Waals surface area contributed by atoms with Crippen molar-refractivity contribution in [1.29, 1.82) is 0 Å². The van der Waals surface area contributed by atoms with E-state index in [-0.39, 0.29) is 5.97 Å². The van der Waals surface area contributed by atoms with Crippen molar-refractivity contribution in [2.75, 3.05) is 6.61 Å². The number of fused-ring (bicyclic) bond motifs is 6. The van der Waals surface area contributed by atoms with Gasteiger partial charge in [0.15, 0.2) is 0 Å². The molecule has 0 N–H and O–H groups in total. The first-order chi connectivity index (χ1) is 25.9. The molecule has 0 bridgehead atoms. The first kappa shape index (κ1) is 32.8. The van der Waals surface area contributed by atoms with E-state index in [2.05, 4.69) is 152 Å². The van der Waals surface area contributed by atoms with Gasteiger partial charge in [-0.05, 0) is 121 Å². The van der Waals surface area contributed by atoms with E-state index in [1.807, 2.05) is 0 Å². The molecule has 3 aliphatic carbocycles. The van der Waals surface area contributed by atoms with E-state index in [0.717, 1.165) is 74.9 Å². The Morgan fingerprint density at radius 1 is 0.547 bits per heavy atom. The number of esters is 1. The molecule has 0 amide bonds. The van der Waals surface area contributed by atoms with E-state index in [9.17, 15) is 4.79 Å². The predicted octanol–water partition coefficient (Wildman–Crippen LogP) is 12.3. The number of hydrogen-bond donors (Lipinski definition) is 0. The molecule has 10 rings (SSSR count). The van der Waals surface area contributed by atoms with Crippen molar-refractivity contribution in [2.24, 2.45) is 53.3 Å². The number of benzene rings is 5. The third-order valence-electron chi connectivity index (χ3n) is 14.2. The predicted molar refractivity (Wildman–Crippen MR) is 218 cm³/mol. The Morgan fingerprint density at radius 2 is 0.962 bits per heavy atom. The second-order valence-corrected chi connectivity index (χ2v) is 17.3. The van der Waals surface area contributed by atoms with Gasteiger partial charge in [-0.15, -0.1) is 0 Å². The SMILES string of the molecule is CC1CC(C)C1C1CC(COC(=O)c2cc(-n3c4ccccc4c4ccccc43)cc(-n3c4ccccc4c4ccccc43)c2)C(C2C(C)CC2C)C1. The van der Waals surface area contributed by atoms with Gasteiger partial charge in [-0.25, -0.2) is 4.79 Å². The van der Waals surface area contributed by atoms with Crippen molar-refractivity contribution in [3.63, 3.8) is 0 Å². The lowest BCUT2D eigenvalue weighted by molar-refractivity contribution is -0.00107. The Hall–Kier alpha value is -4.83. The number of rotatable bonds is 7. The molecule has 5 aromatic carbocycles. The van der Waals surface area contributed by atoms with Crippen LogP contribution in [0.4, 0.5) is 0 Å². The summed E-state index contributed by atoms with van der Waals surface area (Å²) in [7, 11) is 0. The van der Waals surface area contributed by atoms with Crippen LogP contribution in [0.3, 0.4) is 0 Å². The topological polar surface area (TPSA) is 36.2 Å². The van der Waals surface area contributed by atoms with E-state index in [1.165, 1.54) is 47.2 Å². The highest BCUT2D eigenvalue weighted by Gasteiger charge is 2.51. The molecule has 4 heteroatoms. The molecule has 7 atom stereocenters. The van der Waals surface area contributed by atoms with Gasteiger partial charge in [-0.2, -0.15) is 0 Å². The maximum absolute atomic E-state index is 14.5. The summed E-state index contributed by atoms with van der Waals surface area (Å²) >= 11 is 0. The van der Waals surface area contributed by atoms with Gasteiger partial charge in [-0.3, -0.25) is 0 Å². The number of hydrogen-bond acceptors (Lipinski definition) is 2. The van der Waals surface area contributed by atoms with E-state index in [4.69, 9.17) is 4.74 Å². The molecule has 7 aromatic rings. The normalized spacial score (nSPS) is 28.4. The Balaban J connectivity index is 1.07. The van der Waals surface area contributed by atoms with Crippen molar-refractivity contribution >= 4 is 49.6 Å². The molecule has 3 fully saturated rings. The fourth-order valence-corrected chi connectivity index (χ4v) is 12.1. The Bertz CT molecular complexity index is 2270. The highest BCUT2D eigenvalue weighted by Crippen LogP contribution is 2.58. The maximum Gasteiger partial charge on any atom is 0.338 e. The molecule has 7 unspecified atom stereocenters. The van der Waals surface area contributed by atoms with E-state index in [0.29, 0.717) is 24.0 Å². The average Bonchev–Trinajstić information content (AvgIpc) is 3.83. The quantitative estimate of drug-likeness (QED) is 0.155. The lowest BCUT2D eigenvalue weighted by Gasteiger charge is -2.48. The first-order valence-corrected chi connectivity index (χ1v) is 20.1. The minimum Gasteiger partial charge on any atom is -0.462 e. The van der Waals surface area contributed by atoms with Gasteiger partial charge >= 0.3 is 5.97 Å². The van der Waals surface area contributed by atoms with Crippen molar-refractivity contribution in [1.82, 2.24) is 9.13 Å². The van der Waals surface area contributed by atoms with Crippen LogP contribution in [-0.4, -0.2) is 21.7 Å². The average molecular weight is 699 g/mol. The summed E-state index contributed by atoms with van der Waals surface area (Å²) in [5.74, 6) is 6.32. The van der Waals surface area contributed by atoms with Crippen molar-refractivity contribution < 1.29 is 9.53 Å². The summed E-state index contributed by atoms with van der Waals surface area (Å²) in [6.45, 7) is 10.3. The molecule has 3 aliphatic rings. The number of carbonyl (C=O) groups is 1. The molecule has 53 heavy (non-hydrogen) atoms. The van der Waals surface area contributed by atoms with Crippen LogP contribution < -0.4 is 0 Å². The zero-order chi connectivity index (χ0) is 36.0. The number of carbonyl (C=O) groups excluding carboxylic acids is 1. The number of aromatic nitrogens is 2. The summed E-state index contributed by atoms with van der Waals surface area (Å²) in [5, 5.41) is 4.80. The number of ether oxygens (including phenoxy) is 1. The molecule has 0 aliphatic heterocycles.